The molecule has 0 radical (unpaired) electrons. The number of rotatable bonds is 9. The van der Waals surface area contributed by atoms with Gasteiger partial charge in [-0.3, -0.25) is 4.68 Å². The summed E-state index contributed by atoms with van der Waals surface area (Å²) in [6.07, 6.45) is 7.62. The molecule has 0 bridgehead atoms. The zero-order chi connectivity index (χ0) is 14.3. The minimum absolute atomic E-state index is 0.551. The van der Waals surface area contributed by atoms with Gasteiger partial charge in [-0.25, -0.2) is 0 Å². The Morgan fingerprint density at radius 3 is 2.58 bits per heavy atom. The van der Waals surface area contributed by atoms with E-state index in [2.05, 4.69) is 58.8 Å². The first-order valence-electron chi connectivity index (χ1n) is 7.53. The van der Waals surface area contributed by atoms with Crippen LogP contribution in [0.5, 0.6) is 0 Å². The standard InChI is InChI=1S/C15H28BrN3/c1-5-7-8-9-10-13(17-4)11-14-15(16)12(3)18-19(14)6-2/h13,17H,5-11H2,1-4H3. The molecular weight excluding hydrogens is 302 g/mol. The number of unbranched alkanes of at least 4 members (excludes halogenated alkanes) is 3. The second-order valence-electron chi connectivity index (χ2n) is 5.20. The maximum Gasteiger partial charge on any atom is 0.0738 e. The Labute approximate surface area is 126 Å². The fourth-order valence-electron chi connectivity index (χ4n) is 2.46. The molecule has 1 aromatic rings. The van der Waals surface area contributed by atoms with Crippen molar-refractivity contribution in [2.75, 3.05) is 7.05 Å². The second kappa shape index (κ2) is 8.75. The Morgan fingerprint density at radius 2 is 2.00 bits per heavy atom. The van der Waals surface area contributed by atoms with Crippen LogP contribution in [0.4, 0.5) is 0 Å². The summed E-state index contributed by atoms with van der Waals surface area (Å²) in [6, 6.07) is 0.551. The van der Waals surface area contributed by atoms with Crippen LogP contribution in [0.3, 0.4) is 0 Å². The number of nitrogens with zero attached hydrogens (tertiary/aromatic N) is 2. The van der Waals surface area contributed by atoms with Gasteiger partial charge in [0.15, 0.2) is 0 Å². The molecule has 1 heterocycles. The lowest BCUT2D eigenvalue weighted by Crippen LogP contribution is -2.28. The number of aromatic nitrogens is 2. The molecule has 0 amide bonds. The maximum atomic E-state index is 4.57. The topological polar surface area (TPSA) is 29.9 Å². The maximum absolute atomic E-state index is 4.57. The van der Waals surface area contributed by atoms with E-state index in [0.29, 0.717) is 6.04 Å². The molecule has 0 spiro atoms. The molecule has 0 saturated heterocycles. The van der Waals surface area contributed by atoms with Crippen LogP contribution in [0.2, 0.25) is 0 Å². The molecule has 0 aliphatic carbocycles. The molecule has 0 saturated carbocycles. The van der Waals surface area contributed by atoms with E-state index in [1.54, 1.807) is 0 Å². The van der Waals surface area contributed by atoms with Gasteiger partial charge in [-0.1, -0.05) is 32.6 Å². The molecule has 0 aliphatic rings. The highest BCUT2D eigenvalue weighted by atomic mass is 79.9. The Bertz CT molecular complexity index is 374. The minimum Gasteiger partial charge on any atom is -0.317 e. The van der Waals surface area contributed by atoms with E-state index in [1.807, 2.05) is 0 Å². The van der Waals surface area contributed by atoms with Crippen molar-refractivity contribution in [3.63, 3.8) is 0 Å². The van der Waals surface area contributed by atoms with Gasteiger partial charge in [0.05, 0.1) is 15.9 Å². The average molecular weight is 330 g/mol. The monoisotopic (exact) mass is 329 g/mol. The van der Waals surface area contributed by atoms with Crippen molar-refractivity contribution in [2.24, 2.45) is 0 Å². The molecule has 110 valence electrons. The summed E-state index contributed by atoms with van der Waals surface area (Å²) in [5.41, 5.74) is 2.42. The highest BCUT2D eigenvalue weighted by Crippen LogP contribution is 2.23. The normalized spacial score (nSPS) is 12.9. The number of likely N-dealkylation sites (N-methyl/N-ethyl adjacent to an activating group) is 1. The summed E-state index contributed by atoms with van der Waals surface area (Å²) in [6.45, 7) is 7.41. The van der Waals surface area contributed by atoms with Crippen LogP contribution >= 0.6 is 15.9 Å². The summed E-state index contributed by atoms with van der Waals surface area (Å²) >= 11 is 3.68. The molecular formula is C15H28BrN3. The van der Waals surface area contributed by atoms with Gasteiger partial charge < -0.3 is 5.32 Å². The van der Waals surface area contributed by atoms with Gasteiger partial charge in [0.25, 0.3) is 0 Å². The van der Waals surface area contributed by atoms with Gasteiger partial charge in [0.2, 0.25) is 0 Å². The molecule has 0 aromatic carbocycles. The predicted molar refractivity (Wildman–Crippen MR) is 85.6 cm³/mol. The van der Waals surface area contributed by atoms with Crippen molar-refractivity contribution in [2.45, 2.75) is 71.9 Å². The summed E-state index contributed by atoms with van der Waals surface area (Å²) < 4.78 is 3.30. The number of halogens is 1. The van der Waals surface area contributed by atoms with E-state index in [4.69, 9.17) is 0 Å². The largest absolute Gasteiger partial charge is 0.317 e. The highest BCUT2D eigenvalue weighted by molar-refractivity contribution is 9.10. The van der Waals surface area contributed by atoms with Crippen molar-refractivity contribution in [1.82, 2.24) is 15.1 Å². The number of aryl methyl sites for hydroxylation is 2. The molecule has 1 unspecified atom stereocenters. The van der Waals surface area contributed by atoms with Crippen LogP contribution in [-0.4, -0.2) is 22.9 Å². The van der Waals surface area contributed by atoms with Crippen LogP contribution in [0.1, 0.15) is 57.3 Å². The van der Waals surface area contributed by atoms with Gasteiger partial charge in [0, 0.05) is 19.0 Å². The van der Waals surface area contributed by atoms with Gasteiger partial charge in [0.1, 0.15) is 0 Å². The van der Waals surface area contributed by atoms with Crippen molar-refractivity contribution >= 4 is 15.9 Å². The predicted octanol–water partition coefficient (Wildman–Crippen LogP) is 4.07. The molecule has 19 heavy (non-hydrogen) atoms. The molecule has 3 nitrogen and oxygen atoms in total. The summed E-state index contributed by atoms with van der Waals surface area (Å²) in [5, 5.41) is 8.02. The van der Waals surface area contributed by atoms with Crippen LogP contribution in [0.25, 0.3) is 0 Å². The van der Waals surface area contributed by atoms with E-state index in [1.165, 1.54) is 42.3 Å². The first-order valence-corrected chi connectivity index (χ1v) is 8.32. The molecule has 1 atom stereocenters. The van der Waals surface area contributed by atoms with Gasteiger partial charge >= 0.3 is 0 Å². The van der Waals surface area contributed by atoms with Gasteiger partial charge in [-0.15, -0.1) is 0 Å². The third-order valence-electron chi connectivity index (χ3n) is 3.71. The SMILES string of the molecule is CCCCCCC(Cc1c(Br)c(C)nn1CC)NC. The van der Waals surface area contributed by atoms with E-state index >= 15 is 0 Å². The minimum atomic E-state index is 0.551. The second-order valence-corrected chi connectivity index (χ2v) is 5.99. The lowest BCUT2D eigenvalue weighted by molar-refractivity contribution is 0.467. The van der Waals surface area contributed by atoms with Crippen molar-refractivity contribution < 1.29 is 0 Å². The summed E-state index contributed by atoms with van der Waals surface area (Å²) in [7, 11) is 2.07. The average Bonchev–Trinajstić information content (AvgIpc) is 2.69. The lowest BCUT2D eigenvalue weighted by atomic mass is 10.0. The quantitative estimate of drug-likeness (QED) is 0.692. The lowest BCUT2D eigenvalue weighted by Gasteiger charge is -2.17. The molecule has 4 heteroatoms. The van der Waals surface area contributed by atoms with Crippen LogP contribution in [0.15, 0.2) is 4.47 Å². The van der Waals surface area contributed by atoms with Crippen LogP contribution < -0.4 is 5.32 Å². The Hall–Kier alpha value is -0.350. The Morgan fingerprint density at radius 1 is 1.26 bits per heavy atom. The van der Waals surface area contributed by atoms with E-state index in [9.17, 15) is 0 Å². The number of hydrogen-bond acceptors (Lipinski definition) is 2. The molecule has 1 N–H and O–H groups in total. The van der Waals surface area contributed by atoms with Crippen molar-refractivity contribution in [3.05, 3.63) is 15.9 Å². The zero-order valence-corrected chi connectivity index (χ0v) is 14.4. The Balaban J connectivity index is 2.59. The molecule has 1 aromatic heterocycles. The van der Waals surface area contributed by atoms with E-state index in [0.717, 1.165) is 18.7 Å². The Kier molecular flexibility index (Phi) is 7.69. The molecule has 1 rings (SSSR count). The third kappa shape index (κ3) is 4.92. The summed E-state index contributed by atoms with van der Waals surface area (Å²) in [4.78, 5) is 0. The van der Waals surface area contributed by atoms with Crippen LogP contribution in [-0.2, 0) is 13.0 Å². The number of hydrogen-bond donors (Lipinski definition) is 1. The third-order valence-corrected chi connectivity index (χ3v) is 4.74. The van der Waals surface area contributed by atoms with Gasteiger partial charge in [-0.05, 0) is 43.2 Å². The van der Waals surface area contributed by atoms with Crippen molar-refractivity contribution in [1.29, 1.82) is 0 Å². The van der Waals surface area contributed by atoms with Crippen LogP contribution in [0, 0.1) is 6.92 Å². The molecule has 0 fully saturated rings. The van der Waals surface area contributed by atoms with E-state index < -0.39 is 0 Å². The molecule has 0 aliphatic heterocycles. The number of nitrogens with one attached hydrogen (secondary N) is 1. The van der Waals surface area contributed by atoms with Gasteiger partial charge in [-0.2, -0.15) is 5.10 Å². The summed E-state index contributed by atoms with van der Waals surface area (Å²) in [5.74, 6) is 0. The first kappa shape index (κ1) is 16.7. The zero-order valence-electron chi connectivity index (χ0n) is 12.8. The first-order chi connectivity index (χ1) is 9.13. The fourth-order valence-corrected chi connectivity index (χ4v) is 2.91. The van der Waals surface area contributed by atoms with Crippen molar-refractivity contribution in [3.8, 4) is 0 Å². The smallest absolute Gasteiger partial charge is 0.0738 e. The highest BCUT2D eigenvalue weighted by Gasteiger charge is 2.16. The van der Waals surface area contributed by atoms with E-state index in [-0.39, 0.29) is 0 Å². The fraction of sp³-hybridized carbons (Fsp3) is 0.800.